The van der Waals surface area contributed by atoms with E-state index in [2.05, 4.69) is 0 Å². The van der Waals surface area contributed by atoms with E-state index < -0.39 is 0 Å². The molecule has 0 saturated carbocycles. The number of carbonyl (C=O) groups excluding carboxylic acids is 1. The SMILES string of the molecule is CC(CN)C(=O)OC1CCOCC1. The van der Waals surface area contributed by atoms with E-state index in [0.717, 1.165) is 12.8 Å². The molecule has 1 rings (SSSR count). The number of rotatable bonds is 3. The van der Waals surface area contributed by atoms with Gasteiger partial charge in [-0.1, -0.05) is 6.92 Å². The summed E-state index contributed by atoms with van der Waals surface area (Å²) < 4.78 is 10.4. The van der Waals surface area contributed by atoms with Crippen LogP contribution in [0, 0.1) is 5.92 Å². The number of hydrogen-bond acceptors (Lipinski definition) is 4. The summed E-state index contributed by atoms with van der Waals surface area (Å²) in [6.45, 7) is 3.51. The van der Waals surface area contributed by atoms with Crippen molar-refractivity contribution in [1.29, 1.82) is 0 Å². The molecule has 0 amide bonds. The van der Waals surface area contributed by atoms with E-state index in [-0.39, 0.29) is 18.0 Å². The lowest BCUT2D eigenvalue weighted by Gasteiger charge is -2.23. The van der Waals surface area contributed by atoms with E-state index in [0.29, 0.717) is 19.8 Å². The van der Waals surface area contributed by atoms with Crippen molar-refractivity contribution in [3.63, 3.8) is 0 Å². The third-order valence-electron chi connectivity index (χ3n) is 2.21. The van der Waals surface area contributed by atoms with Crippen LogP contribution in [-0.2, 0) is 14.3 Å². The maximum absolute atomic E-state index is 11.3. The summed E-state index contributed by atoms with van der Waals surface area (Å²) in [6.07, 6.45) is 1.65. The third-order valence-corrected chi connectivity index (χ3v) is 2.21. The summed E-state index contributed by atoms with van der Waals surface area (Å²) in [4.78, 5) is 11.3. The van der Waals surface area contributed by atoms with Crippen LogP contribution in [0.5, 0.6) is 0 Å². The van der Waals surface area contributed by atoms with Crippen molar-refractivity contribution >= 4 is 5.97 Å². The second-order valence-electron chi connectivity index (χ2n) is 3.39. The third kappa shape index (κ3) is 3.32. The minimum absolute atomic E-state index is 0.0373. The predicted octanol–water partition coefficient (Wildman–Crippen LogP) is 0.303. The number of carbonyl (C=O) groups is 1. The van der Waals surface area contributed by atoms with Gasteiger partial charge in [-0.15, -0.1) is 0 Å². The summed E-state index contributed by atoms with van der Waals surface area (Å²) in [7, 11) is 0. The van der Waals surface area contributed by atoms with Gasteiger partial charge in [-0.3, -0.25) is 4.79 Å². The van der Waals surface area contributed by atoms with Crippen LogP contribution in [-0.4, -0.2) is 31.8 Å². The molecule has 1 atom stereocenters. The molecule has 0 aliphatic carbocycles. The van der Waals surface area contributed by atoms with E-state index >= 15 is 0 Å². The van der Waals surface area contributed by atoms with Gasteiger partial charge in [0.15, 0.2) is 0 Å². The zero-order chi connectivity index (χ0) is 9.68. The fourth-order valence-electron chi connectivity index (χ4n) is 1.17. The first-order chi connectivity index (χ1) is 6.24. The van der Waals surface area contributed by atoms with Gasteiger partial charge < -0.3 is 15.2 Å². The Balaban J connectivity index is 2.26. The summed E-state index contributed by atoms with van der Waals surface area (Å²) in [5.74, 6) is -0.378. The number of nitrogens with two attached hydrogens (primary N) is 1. The molecule has 13 heavy (non-hydrogen) atoms. The number of ether oxygens (including phenoxy) is 2. The molecule has 0 aromatic carbocycles. The van der Waals surface area contributed by atoms with Gasteiger partial charge >= 0.3 is 5.97 Å². The highest BCUT2D eigenvalue weighted by molar-refractivity contribution is 5.72. The average molecular weight is 187 g/mol. The Bertz CT molecular complexity index is 166. The van der Waals surface area contributed by atoms with E-state index in [9.17, 15) is 4.79 Å². The van der Waals surface area contributed by atoms with Crippen LogP contribution < -0.4 is 5.73 Å². The quantitative estimate of drug-likeness (QED) is 0.646. The van der Waals surface area contributed by atoms with Crippen molar-refractivity contribution in [2.75, 3.05) is 19.8 Å². The van der Waals surface area contributed by atoms with Crippen LogP contribution in [0.4, 0.5) is 0 Å². The average Bonchev–Trinajstić information content (AvgIpc) is 2.18. The molecule has 4 heteroatoms. The maximum atomic E-state index is 11.3. The van der Waals surface area contributed by atoms with Crippen molar-refractivity contribution in [2.24, 2.45) is 11.7 Å². The molecule has 1 heterocycles. The predicted molar refractivity (Wildman–Crippen MR) is 48.2 cm³/mol. The molecule has 0 aromatic rings. The molecule has 4 nitrogen and oxygen atoms in total. The van der Waals surface area contributed by atoms with E-state index in [1.807, 2.05) is 0 Å². The standard InChI is InChI=1S/C9H17NO3/c1-7(6-10)9(11)13-8-2-4-12-5-3-8/h7-8H,2-6,10H2,1H3. The van der Waals surface area contributed by atoms with Gasteiger partial charge in [-0.2, -0.15) is 0 Å². The molecular weight excluding hydrogens is 170 g/mol. The van der Waals surface area contributed by atoms with Gasteiger partial charge in [-0.25, -0.2) is 0 Å². The van der Waals surface area contributed by atoms with Crippen molar-refractivity contribution in [3.05, 3.63) is 0 Å². The summed E-state index contributed by atoms with van der Waals surface area (Å²) in [5, 5.41) is 0. The molecule has 1 fully saturated rings. The Kier molecular flexibility index (Phi) is 4.18. The molecule has 2 N–H and O–H groups in total. The second kappa shape index (κ2) is 5.19. The van der Waals surface area contributed by atoms with Gasteiger partial charge in [0.25, 0.3) is 0 Å². The van der Waals surface area contributed by atoms with Crippen LogP contribution in [0.1, 0.15) is 19.8 Å². The fraction of sp³-hybridized carbons (Fsp3) is 0.889. The van der Waals surface area contributed by atoms with Crippen LogP contribution in [0.2, 0.25) is 0 Å². The van der Waals surface area contributed by atoms with E-state index in [1.54, 1.807) is 6.92 Å². The first kappa shape index (κ1) is 10.5. The Morgan fingerprint density at radius 1 is 1.62 bits per heavy atom. The smallest absolute Gasteiger partial charge is 0.310 e. The molecule has 0 bridgehead atoms. The summed E-state index contributed by atoms with van der Waals surface area (Å²) >= 11 is 0. The normalized spacial score (nSPS) is 21.1. The van der Waals surface area contributed by atoms with Gasteiger partial charge in [0, 0.05) is 19.4 Å². The fourth-order valence-corrected chi connectivity index (χ4v) is 1.17. The van der Waals surface area contributed by atoms with Crippen molar-refractivity contribution in [1.82, 2.24) is 0 Å². The van der Waals surface area contributed by atoms with Crippen LogP contribution >= 0.6 is 0 Å². The first-order valence-corrected chi connectivity index (χ1v) is 4.72. The lowest BCUT2D eigenvalue weighted by atomic mass is 10.1. The molecular formula is C9H17NO3. The number of hydrogen-bond donors (Lipinski definition) is 1. The topological polar surface area (TPSA) is 61.6 Å². The summed E-state index contributed by atoms with van der Waals surface area (Å²) in [5.41, 5.74) is 5.35. The van der Waals surface area contributed by atoms with Gasteiger partial charge in [0.1, 0.15) is 6.10 Å². The van der Waals surface area contributed by atoms with Crippen molar-refractivity contribution < 1.29 is 14.3 Å². The Morgan fingerprint density at radius 3 is 2.77 bits per heavy atom. The van der Waals surface area contributed by atoms with E-state index in [1.165, 1.54) is 0 Å². The van der Waals surface area contributed by atoms with Crippen molar-refractivity contribution in [2.45, 2.75) is 25.9 Å². The Morgan fingerprint density at radius 2 is 2.23 bits per heavy atom. The lowest BCUT2D eigenvalue weighted by molar-refractivity contribution is -0.157. The summed E-state index contributed by atoms with van der Waals surface area (Å²) in [6, 6.07) is 0. The molecule has 1 unspecified atom stereocenters. The lowest BCUT2D eigenvalue weighted by Crippen LogP contribution is -2.30. The highest BCUT2D eigenvalue weighted by Gasteiger charge is 2.20. The van der Waals surface area contributed by atoms with Gasteiger partial charge in [0.2, 0.25) is 0 Å². The highest BCUT2D eigenvalue weighted by atomic mass is 16.6. The second-order valence-corrected chi connectivity index (χ2v) is 3.39. The minimum Gasteiger partial charge on any atom is -0.462 e. The molecule has 1 saturated heterocycles. The monoisotopic (exact) mass is 187 g/mol. The molecule has 0 radical (unpaired) electrons. The largest absolute Gasteiger partial charge is 0.462 e. The maximum Gasteiger partial charge on any atom is 0.310 e. The molecule has 0 aromatic heterocycles. The molecule has 0 spiro atoms. The van der Waals surface area contributed by atoms with Crippen LogP contribution in [0.3, 0.4) is 0 Å². The van der Waals surface area contributed by atoms with Gasteiger partial charge in [0.05, 0.1) is 19.1 Å². The molecule has 1 aliphatic rings. The molecule has 1 aliphatic heterocycles. The Hall–Kier alpha value is -0.610. The first-order valence-electron chi connectivity index (χ1n) is 4.72. The zero-order valence-electron chi connectivity index (χ0n) is 7.99. The van der Waals surface area contributed by atoms with E-state index in [4.69, 9.17) is 15.2 Å². The highest BCUT2D eigenvalue weighted by Crippen LogP contribution is 2.12. The number of esters is 1. The molecule has 76 valence electrons. The van der Waals surface area contributed by atoms with Crippen molar-refractivity contribution in [3.8, 4) is 0 Å². The Labute approximate surface area is 78.4 Å². The minimum atomic E-state index is -0.192. The van der Waals surface area contributed by atoms with Gasteiger partial charge in [-0.05, 0) is 0 Å². The van der Waals surface area contributed by atoms with Crippen LogP contribution in [0.25, 0.3) is 0 Å². The zero-order valence-corrected chi connectivity index (χ0v) is 7.99. The van der Waals surface area contributed by atoms with Crippen LogP contribution in [0.15, 0.2) is 0 Å².